The molecule has 0 fully saturated rings. The Morgan fingerprint density at radius 1 is 1.46 bits per heavy atom. The first kappa shape index (κ1) is 12.9. The summed E-state index contributed by atoms with van der Waals surface area (Å²) in [5, 5.41) is -0.436. The van der Waals surface area contributed by atoms with E-state index in [1.165, 1.54) is 0 Å². The summed E-state index contributed by atoms with van der Waals surface area (Å²) in [6.07, 6.45) is 0.556. The number of nitrogens with two attached hydrogens (primary N) is 1. The van der Waals surface area contributed by atoms with E-state index in [0.717, 1.165) is 0 Å². The first-order valence-corrected chi connectivity index (χ1v) is 6.25. The van der Waals surface area contributed by atoms with E-state index in [9.17, 15) is 8.42 Å². The highest BCUT2D eigenvalue weighted by Gasteiger charge is 2.18. The van der Waals surface area contributed by atoms with Gasteiger partial charge in [0.15, 0.2) is 9.84 Å². The fraction of sp³-hybridized carbons (Fsp3) is 1.00. The topological polar surface area (TPSA) is 69.4 Å². The summed E-state index contributed by atoms with van der Waals surface area (Å²) in [4.78, 5) is 0. The zero-order valence-electron chi connectivity index (χ0n) is 8.32. The largest absolute Gasteiger partial charge is 0.382 e. The molecule has 0 amide bonds. The van der Waals surface area contributed by atoms with Gasteiger partial charge in [0.2, 0.25) is 0 Å². The van der Waals surface area contributed by atoms with E-state index in [-0.39, 0.29) is 12.3 Å². The fourth-order valence-corrected chi connectivity index (χ4v) is 2.07. The molecule has 0 aromatic rings. The second-order valence-electron chi connectivity index (χ2n) is 2.96. The fourth-order valence-electron chi connectivity index (χ4n) is 0.854. The molecule has 80 valence electrons. The number of rotatable bonds is 7. The highest BCUT2D eigenvalue weighted by atomic mass is 32.2. The van der Waals surface area contributed by atoms with Crippen LogP contribution in [0.25, 0.3) is 0 Å². The molecule has 13 heavy (non-hydrogen) atoms. The molecule has 0 saturated carbocycles. The van der Waals surface area contributed by atoms with Gasteiger partial charge in [-0.1, -0.05) is 0 Å². The Kier molecular flexibility index (Phi) is 6.28. The quantitative estimate of drug-likeness (QED) is 0.607. The predicted molar refractivity (Wildman–Crippen MR) is 53.4 cm³/mol. The van der Waals surface area contributed by atoms with Crippen molar-refractivity contribution in [3.8, 4) is 0 Å². The van der Waals surface area contributed by atoms with Gasteiger partial charge in [0.05, 0.1) is 11.0 Å². The van der Waals surface area contributed by atoms with Crippen molar-refractivity contribution in [1.29, 1.82) is 0 Å². The van der Waals surface area contributed by atoms with Crippen molar-refractivity contribution in [3.63, 3.8) is 0 Å². The van der Waals surface area contributed by atoms with Crippen molar-refractivity contribution >= 4 is 9.84 Å². The van der Waals surface area contributed by atoms with Crippen LogP contribution in [0.15, 0.2) is 0 Å². The number of sulfone groups is 1. The predicted octanol–water partition coefficient (Wildman–Crippen LogP) is 0.175. The maximum absolute atomic E-state index is 11.4. The van der Waals surface area contributed by atoms with Crippen LogP contribution in [-0.2, 0) is 14.6 Å². The van der Waals surface area contributed by atoms with E-state index in [4.69, 9.17) is 10.5 Å². The highest BCUT2D eigenvalue weighted by molar-refractivity contribution is 7.92. The van der Waals surface area contributed by atoms with E-state index in [1.807, 2.05) is 6.92 Å². The first-order chi connectivity index (χ1) is 6.04. The van der Waals surface area contributed by atoms with Gasteiger partial charge in [0.1, 0.15) is 0 Å². The van der Waals surface area contributed by atoms with Crippen molar-refractivity contribution in [2.24, 2.45) is 5.73 Å². The van der Waals surface area contributed by atoms with Crippen LogP contribution < -0.4 is 5.73 Å². The monoisotopic (exact) mass is 209 g/mol. The number of ether oxygens (including phenoxy) is 1. The van der Waals surface area contributed by atoms with Crippen LogP contribution >= 0.6 is 0 Å². The summed E-state index contributed by atoms with van der Waals surface area (Å²) >= 11 is 0. The van der Waals surface area contributed by atoms with E-state index in [0.29, 0.717) is 19.6 Å². The summed E-state index contributed by atoms with van der Waals surface area (Å²) in [5.41, 5.74) is 5.28. The maximum Gasteiger partial charge on any atom is 0.154 e. The minimum atomic E-state index is -3.00. The summed E-state index contributed by atoms with van der Waals surface area (Å²) < 4.78 is 27.8. The van der Waals surface area contributed by atoms with Gasteiger partial charge in [-0.05, 0) is 20.3 Å². The van der Waals surface area contributed by atoms with Crippen molar-refractivity contribution in [3.05, 3.63) is 0 Å². The molecule has 0 aliphatic carbocycles. The Bertz CT molecular complexity index is 213. The molecule has 0 radical (unpaired) electrons. The Labute approximate surface area is 80.4 Å². The standard InChI is InChI=1S/C8H19NO3S/c1-3-12-5-4-6-13(10,11)8(2)7-9/h8H,3-7,9H2,1-2H3. The molecule has 0 bridgehead atoms. The van der Waals surface area contributed by atoms with Gasteiger partial charge >= 0.3 is 0 Å². The maximum atomic E-state index is 11.4. The zero-order chi connectivity index (χ0) is 10.3. The molecule has 0 heterocycles. The third-order valence-corrected chi connectivity index (χ3v) is 4.14. The molecule has 4 nitrogen and oxygen atoms in total. The van der Waals surface area contributed by atoms with E-state index in [1.54, 1.807) is 6.92 Å². The van der Waals surface area contributed by atoms with E-state index >= 15 is 0 Å². The molecule has 0 spiro atoms. The van der Waals surface area contributed by atoms with Crippen LogP contribution in [0.1, 0.15) is 20.3 Å². The molecular formula is C8H19NO3S. The summed E-state index contributed by atoms with van der Waals surface area (Å²) in [7, 11) is -3.00. The normalized spacial score (nSPS) is 14.4. The molecular weight excluding hydrogens is 190 g/mol. The molecule has 0 aliphatic heterocycles. The molecule has 0 aliphatic rings. The smallest absolute Gasteiger partial charge is 0.154 e. The molecule has 0 rings (SSSR count). The lowest BCUT2D eigenvalue weighted by atomic mass is 10.5. The van der Waals surface area contributed by atoms with Gasteiger partial charge in [-0.15, -0.1) is 0 Å². The van der Waals surface area contributed by atoms with Crippen LogP contribution in [0.5, 0.6) is 0 Å². The minimum Gasteiger partial charge on any atom is -0.382 e. The molecule has 0 saturated heterocycles. The van der Waals surface area contributed by atoms with Crippen molar-refractivity contribution in [2.45, 2.75) is 25.5 Å². The Hall–Kier alpha value is -0.130. The zero-order valence-corrected chi connectivity index (χ0v) is 9.14. The third-order valence-electron chi connectivity index (χ3n) is 1.87. The van der Waals surface area contributed by atoms with Gasteiger partial charge < -0.3 is 10.5 Å². The molecule has 1 atom stereocenters. The van der Waals surface area contributed by atoms with Gasteiger partial charge in [0.25, 0.3) is 0 Å². The van der Waals surface area contributed by atoms with Crippen molar-refractivity contribution in [2.75, 3.05) is 25.5 Å². The Morgan fingerprint density at radius 3 is 2.54 bits per heavy atom. The minimum absolute atomic E-state index is 0.172. The lowest BCUT2D eigenvalue weighted by Crippen LogP contribution is -2.29. The average Bonchev–Trinajstić information content (AvgIpc) is 2.11. The van der Waals surface area contributed by atoms with Gasteiger partial charge in [-0.25, -0.2) is 8.42 Å². The SMILES string of the molecule is CCOCCCS(=O)(=O)C(C)CN. The van der Waals surface area contributed by atoms with Crippen molar-refractivity contribution in [1.82, 2.24) is 0 Å². The van der Waals surface area contributed by atoms with Crippen LogP contribution in [-0.4, -0.2) is 39.2 Å². The van der Waals surface area contributed by atoms with E-state index in [2.05, 4.69) is 0 Å². The summed E-state index contributed by atoms with van der Waals surface area (Å²) in [6, 6.07) is 0. The van der Waals surface area contributed by atoms with Crippen molar-refractivity contribution < 1.29 is 13.2 Å². The Balaban J connectivity index is 3.77. The summed E-state index contributed by atoms with van der Waals surface area (Å²) in [5.74, 6) is 0.172. The van der Waals surface area contributed by atoms with Crippen LogP contribution in [0.3, 0.4) is 0 Å². The number of hydrogen-bond acceptors (Lipinski definition) is 4. The first-order valence-electron chi connectivity index (χ1n) is 4.54. The molecule has 5 heteroatoms. The second-order valence-corrected chi connectivity index (χ2v) is 5.50. The lowest BCUT2D eigenvalue weighted by molar-refractivity contribution is 0.148. The van der Waals surface area contributed by atoms with Crippen LogP contribution in [0.4, 0.5) is 0 Å². The van der Waals surface area contributed by atoms with Crippen LogP contribution in [0, 0.1) is 0 Å². The molecule has 0 aromatic heterocycles. The number of hydrogen-bond donors (Lipinski definition) is 1. The van der Waals surface area contributed by atoms with Gasteiger partial charge in [0, 0.05) is 19.8 Å². The van der Waals surface area contributed by atoms with Crippen LogP contribution in [0.2, 0.25) is 0 Å². The Morgan fingerprint density at radius 2 is 2.08 bits per heavy atom. The molecule has 1 unspecified atom stereocenters. The highest BCUT2D eigenvalue weighted by Crippen LogP contribution is 2.02. The second kappa shape index (κ2) is 6.34. The third kappa shape index (κ3) is 5.23. The molecule has 0 aromatic carbocycles. The van der Waals surface area contributed by atoms with Gasteiger partial charge in [-0.3, -0.25) is 0 Å². The van der Waals surface area contributed by atoms with Gasteiger partial charge in [-0.2, -0.15) is 0 Å². The average molecular weight is 209 g/mol. The van der Waals surface area contributed by atoms with E-state index < -0.39 is 15.1 Å². The summed E-state index contributed by atoms with van der Waals surface area (Å²) in [6.45, 7) is 4.85. The lowest BCUT2D eigenvalue weighted by Gasteiger charge is -2.09. The molecule has 2 N–H and O–H groups in total.